The maximum atomic E-state index is 12.3. The molecule has 1 heterocycles. The molecule has 29 heavy (non-hydrogen) atoms. The number of aromatic nitrogens is 3. The number of carbonyl (C=O) groups excluding carboxylic acids is 1. The Balaban J connectivity index is 1.44. The Hall–Kier alpha value is -2.65. The quantitative estimate of drug-likeness (QED) is 0.581. The molecule has 3 aromatic rings. The highest BCUT2D eigenvalue weighted by Gasteiger charge is 2.30. The second-order valence-corrected chi connectivity index (χ2v) is 9.87. The van der Waals surface area contributed by atoms with Crippen molar-refractivity contribution in [3.8, 4) is 5.69 Å². The molecular weight excluding hydrogens is 408 g/mol. The van der Waals surface area contributed by atoms with Crippen molar-refractivity contribution in [2.75, 3.05) is 17.3 Å². The van der Waals surface area contributed by atoms with E-state index in [1.807, 2.05) is 35.0 Å². The molecule has 9 heteroatoms. The van der Waals surface area contributed by atoms with Crippen molar-refractivity contribution in [3.63, 3.8) is 0 Å². The summed E-state index contributed by atoms with van der Waals surface area (Å²) in [5.41, 5.74) is 1.40. The number of sulfone groups is 1. The minimum absolute atomic E-state index is 0.131. The van der Waals surface area contributed by atoms with Gasteiger partial charge in [0.25, 0.3) is 0 Å². The molecule has 0 spiro atoms. The molecule has 1 amide bonds. The summed E-state index contributed by atoms with van der Waals surface area (Å²) >= 11 is 1.26. The SMILES string of the molecule is CS(=O)(=O)c1cccc(NC(=O)CSc2nc(C3CC3)n(-c3ccccc3)n2)c1. The van der Waals surface area contributed by atoms with Crippen molar-refractivity contribution < 1.29 is 13.2 Å². The number of carbonyl (C=O) groups is 1. The third-order valence-corrected chi connectivity index (χ3v) is 6.38. The van der Waals surface area contributed by atoms with Gasteiger partial charge in [0, 0.05) is 17.9 Å². The molecule has 150 valence electrons. The van der Waals surface area contributed by atoms with Gasteiger partial charge in [-0.1, -0.05) is 36.0 Å². The molecule has 1 aliphatic rings. The highest BCUT2D eigenvalue weighted by atomic mass is 32.2. The smallest absolute Gasteiger partial charge is 0.234 e. The first-order valence-electron chi connectivity index (χ1n) is 9.15. The van der Waals surface area contributed by atoms with E-state index in [0.717, 1.165) is 30.6 Å². The lowest BCUT2D eigenvalue weighted by atomic mass is 10.3. The average molecular weight is 429 g/mol. The summed E-state index contributed by atoms with van der Waals surface area (Å²) in [7, 11) is -3.33. The van der Waals surface area contributed by atoms with Crippen LogP contribution in [0.5, 0.6) is 0 Å². The number of para-hydroxylation sites is 1. The number of rotatable bonds is 7. The molecule has 0 unspecified atom stereocenters. The Morgan fingerprint density at radius 3 is 2.62 bits per heavy atom. The summed E-state index contributed by atoms with van der Waals surface area (Å²) in [6.07, 6.45) is 3.34. The van der Waals surface area contributed by atoms with Crippen LogP contribution < -0.4 is 5.32 Å². The fourth-order valence-electron chi connectivity index (χ4n) is 2.86. The molecule has 1 fully saturated rings. The summed E-state index contributed by atoms with van der Waals surface area (Å²) in [5.74, 6) is 1.24. The zero-order chi connectivity index (χ0) is 20.4. The minimum atomic E-state index is -3.33. The number of hydrogen-bond acceptors (Lipinski definition) is 6. The topological polar surface area (TPSA) is 94.0 Å². The van der Waals surface area contributed by atoms with E-state index in [1.54, 1.807) is 12.1 Å². The fourth-order valence-corrected chi connectivity index (χ4v) is 4.16. The van der Waals surface area contributed by atoms with E-state index in [-0.39, 0.29) is 16.6 Å². The van der Waals surface area contributed by atoms with Gasteiger partial charge in [-0.05, 0) is 43.2 Å². The van der Waals surface area contributed by atoms with Gasteiger partial charge in [0.05, 0.1) is 16.3 Å². The van der Waals surface area contributed by atoms with Crippen LogP contribution >= 0.6 is 11.8 Å². The van der Waals surface area contributed by atoms with Crippen molar-refractivity contribution in [2.24, 2.45) is 0 Å². The normalized spacial score (nSPS) is 14.0. The van der Waals surface area contributed by atoms with Crippen molar-refractivity contribution in [1.29, 1.82) is 0 Å². The van der Waals surface area contributed by atoms with Crippen molar-refractivity contribution in [2.45, 2.75) is 28.8 Å². The Kier molecular flexibility index (Phi) is 5.42. The summed E-state index contributed by atoms with van der Waals surface area (Å²) in [4.78, 5) is 17.1. The molecule has 0 radical (unpaired) electrons. The molecule has 1 N–H and O–H groups in total. The first-order chi connectivity index (χ1) is 13.9. The van der Waals surface area contributed by atoms with Gasteiger partial charge >= 0.3 is 0 Å². The fraction of sp³-hybridized carbons (Fsp3) is 0.250. The van der Waals surface area contributed by atoms with Crippen LogP contribution in [-0.2, 0) is 14.6 Å². The Labute approximate surface area is 173 Å². The first-order valence-corrected chi connectivity index (χ1v) is 12.0. The van der Waals surface area contributed by atoms with Crippen molar-refractivity contribution in [3.05, 3.63) is 60.4 Å². The molecule has 1 aromatic heterocycles. The Morgan fingerprint density at radius 2 is 1.93 bits per heavy atom. The molecular formula is C20H20N4O3S2. The number of benzene rings is 2. The van der Waals surface area contributed by atoms with Crippen LogP contribution in [0.15, 0.2) is 64.6 Å². The second kappa shape index (κ2) is 8.00. The first kappa shape index (κ1) is 19.7. The molecule has 0 saturated heterocycles. The summed E-state index contributed by atoms with van der Waals surface area (Å²) in [6.45, 7) is 0. The van der Waals surface area contributed by atoms with Crippen LogP contribution in [0.2, 0.25) is 0 Å². The van der Waals surface area contributed by atoms with Crippen LogP contribution in [0.4, 0.5) is 5.69 Å². The number of thioether (sulfide) groups is 1. The molecule has 0 atom stereocenters. The Morgan fingerprint density at radius 1 is 1.17 bits per heavy atom. The lowest BCUT2D eigenvalue weighted by Crippen LogP contribution is -2.14. The van der Waals surface area contributed by atoms with E-state index in [9.17, 15) is 13.2 Å². The van der Waals surface area contributed by atoms with Crippen LogP contribution in [0.25, 0.3) is 5.69 Å². The van der Waals surface area contributed by atoms with Gasteiger partial charge in [-0.2, -0.15) is 0 Å². The van der Waals surface area contributed by atoms with Gasteiger partial charge in [0.15, 0.2) is 9.84 Å². The standard InChI is InChI=1S/C20H20N4O3S2/c1-29(26,27)17-9-5-6-15(12-17)21-18(25)13-28-20-22-19(14-10-11-14)24(23-20)16-7-3-2-4-8-16/h2-9,12,14H,10-11,13H2,1H3,(H,21,25). The molecule has 7 nitrogen and oxygen atoms in total. The molecule has 1 saturated carbocycles. The van der Waals surface area contributed by atoms with Crippen molar-refractivity contribution in [1.82, 2.24) is 14.8 Å². The van der Waals surface area contributed by atoms with E-state index < -0.39 is 9.84 Å². The number of hydrogen-bond donors (Lipinski definition) is 1. The maximum absolute atomic E-state index is 12.3. The molecule has 4 rings (SSSR count). The number of nitrogens with zero attached hydrogens (tertiary/aromatic N) is 3. The van der Waals surface area contributed by atoms with Gasteiger partial charge in [0.2, 0.25) is 11.1 Å². The number of nitrogens with one attached hydrogen (secondary N) is 1. The predicted octanol–water partition coefficient (Wildman–Crippen LogP) is 3.28. The summed E-state index contributed by atoms with van der Waals surface area (Å²) in [5, 5.41) is 7.85. The van der Waals surface area contributed by atoms with Gasteiger partial charge in [-0.3, -0.25) is 4.79 Å². The highest BCUT2D eigenvalue weighted by molar-refractivity contribution is 7.99. The highest BCUT2D eigenvalue weighted by Crippen LogP contribution is 2.40. The summed E-state index contributed by atoms with van der Waals surface area (Å²) < 4.78 is 25.2. The molecule has 1 aliphatic carbocycles. The van der Waals surface area contributed by atoms with Gasteiger partial charge in [-0.15, -0.1) is 5.10 Å². The number of anilines is 1. The van der Waals surface area contributed by atoms with E-state index in [2.05, 4.69) is 15.4 Å². The van der Waals surface area contributed by atoms with Crippen LogP contribution in [0.1, 0.15) is 24.6 Å². The molecule has 0 aliphatic heterocycles. The third-order valence-electron chi connectivity index (χ3n) is 4.43. The lowest BCUT2D eigenvalue weighted by molar-refractivity contribution is -0.113. The zero-order valence-electron chi connectivity index (χ0n) is 15.8. The number of amides is 1. The van der Waals surface area contributed by atoms with E-state index in [4.69, 9.17) is 0 Å². The maximum Gasteiger partial charge on any atom is 0.234 e. The Bertz CT molecular complexity index is 1140. The second-order valence-electron chi connectivity index (χ2n) is 6.91. The monoisotopic (exact) mass is 428 g/mol. The third kappa shape index (κ3) is 4.86. The zero-order valence-corrected chi connectivity index (χ0v) is 17.4. The van der Waals surface area contributed by atoms with E-state index >= 15 is 0 Å². The van der Waals surface area contributed by atoms with Crippen LogP contribution in [0.3, 0.4) is 0 Å². The van der Waals surface area contributed by atoms with E-state index in [0.29, 0.717) is 16.8 Å². The molecule has 0 bridgehead atoms. The summed E-state index contributed by atoms with van der Waals surface area (Å²) in [6, 6.07) is 16.0. The largest absolute Gasteiger partial charge is 0.325 e. The minimum Gasteiger partial charge on any atom is -0.325 e. The van der Waals surface area contributed by atoms with Gasteiger partial charge < -0.3 is 5.32 Å². The van der Waals surface area contributed by atoms with E-state index in [1.165, 1.54) is 23.9 Å². The van der Waals surface area contributed by atoms with Gasteiger partial charge in [0.1, 0.15) is 5.82 Å². The predicted molar refractivity (Wildman–Crippen MR) is 112 cm³/mol. The van der Waals surface area contributed by atoms with Crippen LogP contribution in [0, 0.1) is 0 Å². The lowest BCUT2D eigenvalue weighted by Gasteiger charge is -2.06. The van der Waals surface area contributed by atoms with Gasteiger partial charge in [-0.25, -0.2) is 18.1 Å². The average Bonchev–Trinajstić information content (AvgIpc) is 3.46. The van der Waals surface area contributed by atoms with Crippen molar-refractivity contribution >= 4 is 33.2 Å². The molecule has 2 aromatic carbocycles. The van der Waals surface area contributed by atoms with Crippen LogP contribution in [-0.4, -0.2) is 41.1 Å².